The molecule has 1 atom stereocenters. The van der Waals surface area contributed by atoms with E-state index >= 15 is 0 Å². The Hall–Kier alpha value is -1.06. The second kappa shape index (κ2) is 7.39. The number of methoxy groups -OCH3 is 1. The lowest BCUT2D eigenvalue weighted by Crippen LogP contribution is -2.36. The van der Waals surface area contributed by atoms with E-state index in [1.807, 2.05) is 0 Å². The van der Waals surface area contributed by atoms with Crippen LogP contribution in [0.25, 0.3) is 0 Å². The van der Waals surface area contributed by atoms with Crippen molar-refractivity contribution in [2.75, 3.05) is 31.7 Å². The molecule has 3 nitrogen and oxygen atoms in total. The fourth-order valence-electron chi connectivity index (χ4n) is 2.37. The maximum Gasteiger partial charge on any atom is 0.0663 e. The van der Waals surface area contributed by atoms with E-state index in [1.54, 1.807) is 7.11 Å². The van der Waals surface area contributed by atoms with Crippen molar-refractivity contribution in [2.45, 2.75) is 33.2 Å². The first-order valence-electron chi connectivity index (χ1n) is 6.69. The van der Waals surface area contributed by atoms with Crippen LogP contribution in [0.2, 0.25) is 0 Å². The fourth-order valence-corrected chi connectivity index (χ4v) is 2.37. The molecule has 1 rings (SSSR count). The number of nitrogens with zero attached hydrogens (tertiary/aromatic N) is 1. The van der Waals surface area contributed by atoms with Crippen molar-refractivity contribution < 1.29 is 4.74 Å². The molecule has 0 aromatic heterocycles. The molecule has 1 aromatic rings. The summed E-state index contributed by atoms with van der Waals surface area (Å²) in [5.74, 6) is 0. The molecule has 0 aliphatic rings. The predicted molar refractivity (Wildman–Crippen MR) is 78.3 cm³/mol. The first-order valence-corrected chi connectivity index (χ1v) is 6.69. The van der Waals surface area contributed by atoms with E-state index in [0.29, 0.717) is 12.6 Å². The van der Waals surface area contributed by atoms with Crippen LogP contribution in [0.3, 0.4) is 0 Å². The maximum atomic E-state index is 5.61. The Bertz CT molecular complexity index is 366. The molecule has 0 bridgehead atoms. The minimum absolute atomic E-state index is 0.389. The summed E-state index contributed by atoms with van der Waals surface area (Å²) >= 11 is 0. The zero-order valence-corrected chi connectivity index (χ0v) is 12.1. The number of likely N-dealkylation sites (N-methyl/N-ethyl adjacent to an activating group) is 1. The van der Waals surface area contributed by atoms with E-state index in [0.717, 1.165) is 19.6 Å². The van der Waals surface area contributed by atoms with Crippen LogP contribution in [-0.2, 0) is 11.2 Å². The van der Waals surface area contributed by atoms with Gasteiger partial charge in [-0.05, 0) is 57.0 Å². The Kier molecular flexibility index (Phi) is 6.16. The van der Waals surface area contributed by atoms with E-state index < -0.39 is 0 Å². The van der Waals surface area contributed by atoms with Crippen molar-refractivity contribution in [3.05, 3.63) is 29.3 Å². The Morgan fingerprint density at radius 1 is 1.39 bits per heavy atom. The number of hydrogen-bond acceptors (Lipinski definition) is 3. The molecule has 1 unspecified atom stereocenters. The highest BCUT2D eigenvalue weighted by molar-refractivity contribution is 5.51. The average Bonchev–Trinajstić information content (AvgIpc) is 2.34. The summed E-state index contributed by atoms with van der Waals surface area (Å²) in [6.45, 7) is 8.96. The minimum Gasteiger partial charge on any atom is -0.383 e. The molecule has 0 spiro atoms. The van der Waals surface area contributed by atoms with Crippen molar-refractivity contribution in [1.82, 2.24) is 0 Å². The molecular weight excluding hydrogens is 224 g/mol. The van der Waals surface area contributed by atoms with Gasteiger partial charge in [0, 0.05) is 25.4 Å². The number of aryl methyl sites for hydroxylation is 1. The predicted octanol–water partition coefficient (Wildman–Crippen LogP) is 2.36. The topological polar surface area (TPSA) is 38.5 Å². The molecule has 2 N–H and O–H groups in total. The molecule has 0 saturated heterocycles. The molecule has 18 heavy (non-hydrogen) atoms. The molecule has 0 amide bonds. The molecule has 0 heterocycles. The van der Waals surface area contributed by atoms with Crippen LogP contribution in [0.1, 0.15) is 25.0 Å². The summed E-state index contributed by atoms with van der Waals surface area (Å²) in [7, 11) is 1.75. The van der Waals surface area contributed by atoms with Gasteiger partial charge in [-0.1, -0.05) is 6.07 Å². The second-order valence-corrected chi connectivity index (χ2v) is 4.74. The molecule has 1 aromatic carbocycles. The van der Waals surface area contributed by atoms with Gasteiger partial charge in [0.1, 0.15) is 0 Å². The number of benzene rings is 1. The third-order valence-corrected chi connectivity index (χ3v) is 3.35. The lowest BCUT2D eigenvalue weighted by Gasteiger charge is -2.30. The van der Waals surface area contributed by atoms with E-state index in [2.05, 4.69) is 43.9 Å². The highest BCUT2D eigenvalue weighted by Gasteiger charge is 2.13. The molecule has 3 heteroatoms. The van der Waals surface area contributed by atoms with E-state index in [9.17, 15) is 0 Å². The van der Waals surface area contributed by atoms with Gasteiger partial charge in [-0.3, -0.25) is 0 Å². The lowest BCUT2D eigenvalue weighted by atomic mass is 10.0. The Labute approximate surface area is 111 Å². The number of anilines is 1. The van der Waals surface area contributed by atoms with Crippen LogP contribution in [0, 0.1) is 6.92 Å². The third-order valence-electron chi connectivity index (χ3n) is 3.35. The molecule has 0 fully saturated rings. The zero-order chi connectivity index (χ0) is 13.5. The van der Waals surface area contributed by atoms with Crippen LogP contribution in [0.4, 0.5) is 5.69 Å². The maximum absolute atomic E-state index is 5.61. The number of rotatable bonds is 7. The van der Waals surface area contributed by atoms with Gasteiger partial charge < -0.3 is 15.4 Å². The van der Waals surface area contributed by atoms with Crippen LogP contribution in [-0.4, -0.2) is 32.8 Å². The van der Waals surface area contributed by atoms with Gasteiger partial charge in [0.05, 0.1) is 6.61 Å². The summed E-state index contributed by atoms with van der Waals surface area (Å²) in [6.07, 6.45) is 0.950. The van der Waals surface area contributed by atoms with Crippen molar-refractivity contribution in [2.24, 2.45) is 5.73 Å². The molecule has 0 radical (unpaired) electrons. The molecular formula is C15H26N2O. The second-order valence-electron chi connectivity index (χ2n) is 4.74. The number of hydrogen-bond donors (Lipinski definition) is 1. The Morgan fingerprint density at radius 2 is 2.11 bits per heavy atom. The van der Waals surface area contributed by atoms with Crippen LogP contribution < -0.4 is 10.6 Å². The standard InChI is InChI=1S/C15H26N2O/c1-5-17(13(3)11-18-4)15-7-6-14(8-9-16)12(2)10-15/h6-7,10,13H,5,8-9,11,16H2,1-4H3. The highest BCUT2D eigenvalue weighted by atomic mass is 16.5. The summed E-state index contributed by atoms with van der Waals surface area (Å²) in [5.41, 5.74) is 9.54. The van der Waals surface area contributed by atoms with E-state index in [1.165, 1.54) is 16.8 Å². The van der Waals surface area contributed by atoms with Gasteiger partial charge in [-0.15, -0.1) is 0 Å². The first kappa shape index (κ1) is 15.0. The van der Waals surface area contributed by atoms with Gasteiger partial charge in [0.25, 0.3) is 0 Å². The summed E-state index contributed by atoms with van der Waals surface area (Å²) < 4.78 is 5.24. The van der Waals surface area contributed by atoms with Crippen LogP contribution >= 0.6 is 0 Å². The van der Waals surface area contributed by atoms with Gasteiger partial charge in [-0.25, -0.2) is 0 Å². The fraction of sp³-hybridized carbons (Fsp3) is 0.600. The summed E-state index contributed by atoms with van der Waals surface area (Å²) in [6, 6.07) is 7.02. The van der Waals surface area contributed by atoms with E-state index in [-0.39, 0.29) is 0 Å². The molecule has 0 saturated carbocycles. The quantitative estimate of drug-likeness (QED) is 0.807. The van der Waals surface area contributed by atoms with Crippen molar-refractivity contribution in [1.29, 1.82) is 0 Å². The van der Waals surface area contributed by atoms with Crippen molar-refractivity contribution in [3.8, 4) is 0 Å². The molecule has 0 aliphatic carbocycles. The summed E-state index contributed by atoms with van der Waals surface area (Å²) in [5, 5.41) is 0. The smallest absolute Gasteiger partial charge is 0.0663 e. The van der Waals surface area contributed by atoms with E-state index in [4.69, 9.17) is 10.5 Å². The van der Waals surface area contributed by atoms with Gasteiger partial charge in [0.2, 0.25) is 0 Å². The summed E-state index contributed by atoms with van der Waals surface area (Å²) in [4.78, 5) is 2.36. The van der Waals surface area contributed by atoms with Crippen molar-refractivity contribution >= 4 is 5.69 Å². The number of nitrogens with two attached hydrogens (primary N) is 1. The monoisotopic (exact) mass is 250 g/mol. The third kappa shape index (κ3) is 3.72. The van der Waals surface area contributed by atoms with Crippen LogP contribution in [0.15, 0.2) is 18.2 Å². The average molecular weight is 250 g/mol. The normalized spacial score (nSPS) is 12.5. The Morgan fingerprint density at radius 3 is 2.61 bits per heavy atom. The SMILES string of the molecule is CCN(c1ccc(CCN)c(C)c1)C(C)COC. The first-order chi connectivity index (χ1) is 8.63. The number of ether oxygens (including phenoxy) is 1. The molecule has 102 valence electrons. The lowest BCUT2D eigenvalue weighted by molar-refractivity contribution is 0.182. The van der Waals surface area contributed by atoms with Gasteiger partial charge in [0.15, 0.2) is 0 Å². The minimum atomic E-state index is 0.389. The van der Waals surface area contributed by atoms with Gasteiger partial charge >= 0.3 is 0 Å². The molecule has 0 aliphatic heterocycles. The largest absolute Gasteiger partial charge is 0.383 e. The van der Waals surface area contributed by atoms with Crippen molar-refractivity contribution in [3.63, 3.8) is 0 Å². The highest BCUT2D eigenvalue weighted by Crippen LogP contribution is 2.21. The zero-order valence-electron chi connectivity index (χ0n) is 12.1. The van der Waals surface area contributed by atoms with Crippen LogP contribution in [0.5, 0.6) is 0 Å². The Balaban J connectivity index is 2.90. The van der Waals surface area contributed by atoms with Gasteiger partial charge in [-0.2, -0.15) is 0 Å².